The molecule has 176 valence electrons. The van der Waals surface area contributed by atoms with E-state index in [1.807, 2.05) is 12.1 Å². The van der Waals surface area contributed by atoms with Crippen molar-refractivity contribution in [3.63, 3.8) is 0 Å². The van der Waals surface area contributed by atoms with Crippen molar-refractivity contribution >= 4 is 65.7 Å². The number of hydrogen-bond acceptors (Lipinski definition) is 2. The van der Waals surface area contributed by atoms with Gasteiger partial charge in [-0.1, -0.05) is 97.1 Å². The van der Waals surface area contributed by atoms with Crippen LogP contribution in [0, 0.1) is 0 Å². The van der Waals surface area contributed by atoms with E-state index in [9.17, 15) is 0 Å². The fourth-order valence-corrected chi connectivity index (χ4v) is 5.82. The summed E-state index contributed by atoms with van der Waals surface area (Å²) >= 11 is 3.90. The highest BCUT2D eigenvalue weighted by Gasteiger charge is 2.19. The summed E-state index contributed by atoms with van der Waals surface area (Å²) in [6.07, 6.45) is 0. The van der Waals surface area contributed by atoms with Gasteiger partial charge in [-0.3, -0.25) is 0 Å². The molecular formula is C34H22BrNO. The van der Waals surface area contributed by atoms with Gasteiger partial charge in [0.05, 0.1) is 5.69 Å². The van der Waals surface area contributed by atoms with Gasteiger partial charge in [0.25, 0.3) is 0 Å². The molecule has 7 rings (SSSR count). The average molecular weight is 540 g/mol. The summed E-state index contributed by atoms with van der Waals surface area (Å²) in [7, 11) is 0. The largest absolute Gasteiger partial charge is 0.455 e. The Bertz CT molecular complexity index is 1890. The first kappa shape index (κ1) is 21.9. The van der Waals surface area contributed by atoms with Crippen LogP contribution in [0.1, 0.15) is 0 Å². The van der Waals surface area contributed by atoms with Crippen LogP contribution in [0.25, 0.3) is 43.8 Å². The molecule has 0 aliphatic rings. The third-order valence-corrected chi connectivity index (χ3v) is 7.51. The molecule has 0 aliphatic carbocycles. The van der Waals surface area contributed by atoms with Crippen molar-refractivity contribution in [3.8, 4) is 11.1 Å². The van der Waals surface area contributed by atoms with Crippen molar-refractivity contribution < 1.29 is 4.42 Å². The van der Waals surface area contributed by atoms with E-state index >= 15 is 0 Å². The number of rotatable bonds is 4. The Balaban J connectivity index is 1.46. The fourth-order valence-electron chi connectivity index (χ4n) is 5.18. The number of anilines is 3. The number of furan rings is 1. The fraction of sp³-hybridized carbons (Fsp3) is 0. The Morgan fingerprint density at radius 3 is 2.08 bits per heavy atom. The van der Waals surface area contributed by atoms with Crippen LogP contribution in [-0.2, 0) is 0 Å². The normalized spacial score (nSPS) is 11.4. The monoisotopic (exact) mass is 539 g/mol. The molecule has 0 saturated heterocycles. The quantitative estimate of drug-likeness (QED) is 0.221. The molecule has 0 N–H and O–H groups in total. The molecule has 1 aromatic heterocycles. The summed E-state index contributed by atoms with van der Waals surface area (Å²) in [5.41, 5.74) is 7.20. The van der Waals surface area contributed by atoms with Gasteiger partial charge in [0, 0.05) is 38.2 Å². The standard InChI is InChI=1S/C34H22BrNO/c35-31-21-28(22-32-33(31)30-17-9-16-29(34(30)37-32)24-11-3-1-4-12-24)36(26-14-5-2-6-15-26)27-19-18-23-10-7-8-13-25(23)20-27/h1-22H. The average Bonchev–Trinajstić information content (AvgIpc) is 3.33. The topological polar surface area (TPSA) is 16.4 Å². The molecule has 0 saturated carbocycles. The second-order valence-electron chi connectivity index (χ2n) is 9.15. The highest BCUT2D eigenvalue weighted by molar-refractivity contribution is 9.10. The highest BCUT2D eigenvalue weighted by Crippen LogP contribution is 2.44. The van der Waals surface area contributed by atoms with Gasteiger partial charge < -0.3 is 9.32 Å². The Labute approximate surface area is 223 Å². The Hall–Kier alpha value is -4.34. The van der Waals surface area contributed by atoms with E-state index in [0.29, 0.717) is 0 Å². The van der Waals surface area contributed by atoms with E-state index in [4.69, 9.17) is 4.42 Å². The summed E-state index contributed by atoms with van der Waals surface area (Å²) in [5, 5.41) is 4.62. The number of nitrogens with zero attached hydrogens (tertiary/aromatic N) is 1. The first-order valence-electron chi connectivity index (χ1n) is 12.3. The molecule has 0 aliphatic heterocycles. The zero-order valence-corrected chi connectivity index (χ0v) is 21.5. The van der Waals surface area contributed by atoms with E-state index in [0.717, 1.165) is 54.6 Å². The van der Waals surface area contributed by atoms with Gasteiger partial charge in [0.1, 0.15) is 11.2 Å². The van der Waals surface area contributed by atoms with Crippen molar-refractivity contribution in [1.29, 1.82) is 0 Å². The molecule has 3 heteroatoms. The number of para-hydroxylation sites is 2. The number of hydrogen-bond donors (Lipinski definition) is 0. The van der Waals surface area contributed by atoms with Gasteiger partial charge in [-0.2, -0.15) is 0 Å². The Kier molecular flexibility index (Phi) is 5.30. The molecule has 0 radical (unpaired) electrons. The molecule has 0 bridgehead atoms. The minimum Gasteiger partial charge on any atom is -0.455 e. The van der Waals surface area contributed by atoms with Gasteiger partial charge in [-0.25, -0.2) is 0 Å². The van der Waals surface area contributed by atoms with Gasteiger partial charge in [0.2, 0.25) is 0 Å². The maximum Gasteiger partial charge on any atom is 0.143 e. The molecule has 6 aromatic carbocycles. The van der Waals surface area contributed by atoms with Crippen molar-refractivity contribution in [2.75, 3.05) is 4.90 Å². The van der Waals surface area contributed by atoms with E-state index < -0.39 is 0 Å². The number of benzene rings is 6. The Morgan fingerprint density at radius 2 is 1.27 bits per heavy atom. The molecule has 0 spiro atoms. The predicted octanol–water partition coefficient (Wildman–Crippen LogP) is 10.6. The molecule has 0 unspecified atom stereocenters. The molecule has 2 nitrogen and oxygen atoms in total. The smallest absolute Gasteiger partial charge is 0.143 e. The molecule has 0 amide bonds. The van der Waals surface area contributed by atoms with Gasteiger partial charge in [-0.15, -0.1) is 0 Å². The Morgan fingerprint density at radius 1 is 0.541 bits per heavy atom. The van der Waals surface area contributed by atoms with Crippen LogP contribution in [0.3, 0.4) is 0 Å². The molecule has 7 aromatic rings. The lowest BCUT2D eigenvalue weighted by molar-refractivity contribution is 0.670. The lowest BCUT2D eigenvalue weighted by Gasteiger charge is -2.26. The van der Waals surface area contributed by atoms with Crippen molar-refractivity contribution in [1.82, 2.24) is 0 Å². The summed E-state index contributed by atoms with van der Waals surface area (Å²) in [6, 6.07) is 46.7. The maximum atomic E-state index is 6.59. The lowest BCUT2D eigenvalue weighted by atomic mass is 10.0. The second kappa shape index (κ2) is 8.95. The van der Waals surface area contributed by atoms with Gasteiger partial charge >= 0.3 is 0 Å². The predicted molar refractivity (Wildman–Crippen MR) is 159 cm³/mol. The van der Waals surface area contributed by atoms with Gasteiger partial charge in [0.15, 0.2) is 0 Å². The van der Waals surface area contributed by atoms with Crippen LogP contribution < -0.4 is 4.90 Å². The van der Waals surface area contributed by atoms with Crippen LogP contribution in [0.4, 0.5) is 17.1 Å². The zero-order chi connectivity index (χ0) is 24.8. The van der Waals surface area contributed by atoms with Crippen LogP contribution in [0.5, 0.6) is 0 Å². The van der Waals surface area contributed by atoms with Crippen molar-refractivity contribution in [2.24, 2.45) is 0 Å². The molecule has 37 heavy (non-hydrogen) atoms. The number of fused-ring (bicyclic) bond motifs is 4. The summed E-state index contributed by atoms with van der Waals surface area (Å²) < 4.78 is 7.60. The molecule has 0 fully saturated rings. The van der Waals surface area contributed by atoms with E-state index in [1.54, 1.807) is 0 Å². The van der Waals surface area contributed by atoms with Crippen LogP contribution in [0.15, 0.2) is 142 Å². The van der Waals surface area contributed by atoms with E-state index in [2.05, 4.69) is 142 Å². The molecule has 0 atom stereocenters. The van der Waals surface area contributed by atoms with E-state index in [1.165, 1.54) is 10.8 Å². The maximum absolute atomic E-state index is 6.59. The third kappa shape index (κ3) is 3.80. The molecular weight excluding hydrogens is 518 g/mol. The van der Waals surface area contributed by atoms with Gasteiger partial charge in [-0.05, 0) is 62.6 Å². The van der Waals surface area contributed by atoms with Crippen LogP contribution >= 0.6 is 15.9 Å². The highest BCUT2D eigenvalue weighted by atomic mass is 79.9. The third-order valence-electron chi connectivity index (χ3n) is 6.88. The van der Waals surface area contributed by atoms with Crippen LogP contribution in [0.2, 0.25) is 0 Å². The summed E-state index contributed by atoms with van der Waals surface area (Å²) in [6.45, 7) is 0. The summed E-state index contributed by atoms with van der Waals surface area (Å²) in [4.78, 5) is 2.28. The number of halogens is 1. The zero-order valence-electron chi connectivity index (χ0n) is 19.9. The first-order chi connectivity index (χ1) is 18.3. The van der Waals surface area contributed by atoms with Crippen molar-refractivity contribution in [2.45, 2.75) is 0 Å². The minimum atomic E-state index is 0.851. The minimum absolute atomic E-state index is 0.851. The summed E-state index contributed by atoms with van der Waals surface area (Å²) in [5.74, 6) is 0. The van der Waals surface area contributed by atoms with Crippen LogP contribution in [-0.4, -0.2) is 0 Å². The second-order valence-corrected chi connectivity index (χ2v) is 10.0. The molecule has 1 heterocycles. The SMILES string of the molecule is Brc1cc(N(c2ccccc2)c2ccc3ccccc3c2)cc2oc3c(-c4ccccc4)cccc3c12. The van der Waals surface area contributed by atoms with Crippen molar-refractivity contribution in [3.05, 3.63) is 138 Å². The first-order valence-corrected chi connectivity index (χ1v) is 13.1. The van der Waals surface area contributed by atoms with E-state index in [-0.39, 0.29) is 0 Å². The lowest BCUT2D eigenvalue weighted by Crippen LogP contribution is -2.09.